The lowest BCUT2D eigenvalue weighted by Crippen LogP contribution is -2.07. The smallest absolute Gasteiger partial charge is 0.268 e. The number of nitrogens with zero attached hydrogens (tertiary/aromatic N) is 1. The fraction of sp³-hybridized carbons (Fsp3) is 0.143. The third kappa shape index (κ3) is 1.09. The Morgan fingerprint density at radius 1 is 1.67 bits per heavy atom. The normalized spacial score (nSPS) is 10.8. The van der Waals surface area contributed by atoms with E-state index in [0.29, 0.717) is 10.5 Å². The molecule has 0 fully saturated rings. The lowest BCUT2D eigenvalue weighted by molar-refractivity contribution is 1.06. The van der Waals surface area contributed by atoms with E-state index < -0.39 is 0 Å². The molecule has 0 spiro atoms. The molecule has 0 aliphatic heterocycles. The number of thiophene rings is 1. The van der Waals surface area contributed by atoms with E-state index in [1.165, 1.54) is 11.3 Å². The number of rotatable bonds is 0. The van der Waals surface area contributed by atoms with Crippen molar-refractivity contribution in [1.29, 1.82) is 0 Å². The molecule has 0 atom stereocenters. The molecule has 1 N–H and O–H groups in total. The predicted octanol–water partition coefficient (Wildman–Crippen LogP) is 2.06. The number of hydrogen-bond donors (Lipinski definition) is 1. The number of halogens is 1. The number of aryl methyl sites for hydroxylation is 1. The Morgan fingerprint density at radius 3 is 3.17 bits per heavy atom. The average Bonchev–Trinajstić information content (AvgIpc) is 2.33. The molecule has 0 aliphatic carbocycles. The van der Waals surface area contributed by atoms with Crippen molar-refractivity contribution in [2.75, 3.05) is 0 Å². The second-order valence-electron chi connectivity index (χ2n) is 2.41. The first-order valence-corrected chi connectivity index (χ1v) is 4.99. The second kappa shape index (κ2) is 2.67. The Morgan fingerprint density at radius 2 is 2.42 bits per heavy atom. The fourth-order valence-electron chi connectivity index (χ4n) is 1.01. The Labute approximate surface area is 80.6 Å². The Hall–Kier alpha value is -0.680. The van der Waals surface area contributed by atoms with Gasteiger partial charge in [0.05, 0.1) is 4.47 Å². The van der Waals surface area contributed by atoms with Crippen LogP contribution in [0, 0.1) is 6.92 Å². The number of aromatic nitrogens is 2. The summed E-state index contributed by atoms with van der Waals surface area (Å²) in [6.45, 7) is 1.77. The molecule has 2 heterocycles. The summed E-state index contributed by atoms with van der Waals surface area (Å²) in [5.74, 6) is 0.645. The van der Waals surface area contributed by atoms with Crippen LogP contribution < -0.4 is 5.56 Å². The van der Waals surface area contributed by atoms with Crippen LogP contribution in [0.4, 0.5) is 0 Å². The van der Waals surface area contributed by atoms with E-state index in [1.807, 2.05) is 5.38 Å². The molecular formula is C7H5BrN2OS. The molecule has 0 saturated heterocycles. The summed E-state index contributed by atoms with van der Waals surface area (Å²) in [6, 6.07) is 0. The Bertz CT molecular complexity index is 488. The van der Waals surface area contributed by atoms with Gasteiger partial charge in [0.15, 0.2) is 0 Å². The minimum Gasteiger partial charge on any atom is -0.310 e. The molecular weight excluding hydrogens is 240 g/mol. The number of nitrogens with one attached hydrogen (secondary N) is 1. The first kappa shape index (κ1) is 7.94. The molecule has 5 heteroatoms. The van der Waals surface area contributed by atoms with Gasteiger partial charge in [-0.1, -0.05) is 0 Å². The van der Waals surface area contributed by atoms with E-state index in [0.717, 1.165) is 9.99 Å². The minimum absolute atomic E-state index is 0.0619. The molecule has 3 nitrogen and oxygen atoms in total. The molecule has 0 saturated carbocycles. The van der Waals surface area contributed by atoms with Crippen LogP contribution >= 0.6 is 27.3 Å². The van der Waals surface area contributed by atoms with Crippen LogP contribution in [0.1, 0.15) is 5.82 Å². The van der Waals surface area contributed by atoms with E-state index in [4.69, 9.17) is 0 Å². The standard InChI is InChI=1S/C7H5BrN2OS/c1-3-9-5-4(8)2-12-6(5)7(11)10-3/h2H,1H3,(H,9,10,11). The van der Waals surface area contributed by atoms with Crippen molar-refractivity contribution in [1.82, 2.24) is 9.97 Å². The first-order valence-electron chi connectivity index (χ1n) is 3.32. The van der Waals surface area contributed by atoms with Crippen LogP contribution in [0.3, 0.4) is 0 Å². The van der Waals surface area contributed by atoms with Gasteiger partial charge in [-0.15, -0.1) is 11.3 Å². The van der Waals surface area contributed by atoms with Gasteiger partial charge in [-0.2, -0.15) is 0 Å². The highest BCUT2D eigenvalue weighted by Crippen LogP contribution is 2.25. The van der Waals surface area contributed by atoms with Crippen molar-refractivity contribution in [3.63, 3.8) is 0 Å². The molecule has 0 amide bonds. The zero-order chi connectivity index (χ0) is 8.72. The highest BCUT2D eigenvalue weighted by Gasteiger charge is 2.06. The lowest BCUT2D eigenvalue weighted by atomic mass is 10.4. The summed E-state index contributed by atoms with van der Waals surface area (Å²) in [6.07, 6.45) is 0. The van der Waals surface area contributed by atoms with Gasteiger partial charge in [0.25, 0.3) is 5.56 Å². The molecule has 2 rings (SSSR count). The maximum absolute atomic E-state index is 11.3. The Balaban J connectivity index is 3.03. The third-order valence-electron chi connectivity index (χ3n) is 1.50. The van der Waals surface area contributed by atoms with Crippen LogP contribution in [0.5, 0.6) is 0 Å². The van der Waals surface area contributed by atoms with Crippen LogP contribution in [0.2, 0.25) is 0 Å². The minimum atomic E-state index is -0.0619. The molecule has 0 aromatic carbocycles. The van der Waals surface area contributed by atoms with Gasteiger partial charge in [-0.25, -0.2) is 4.98 Å². The van der Waals surface area contributed by atoms with Crippen molar-refractivity contribution in [3.8, 4) is 0 Å². The molecule has 12 heavy (non-hydrogen) atoms. The van der Waals surface area contributed by atoms with Crippen LogP contribution in [0.15, 0.2) is 14.6 Å². The summed E-state index contributed by atoms with van der Waals surface area (Å²) in [5, 5.41) is 1.87. The van der Waals surface area contributed by atoms with Crippen molar-refractivity contribution < 1.29 is 0 Å². The lowest BCUT2D eigenvalue weighted by Gasteiger charge is -1.91. The molecule has 2 aromatic rings. The largest absolute Gasteiger partial charge is 0.310 e. The van der Waals surface area contributed by atoms with E-state index in [9.17, 15) is 4.79 Å². The van der Waals surface area contributed by atoms with Crippen molar-refractivity contribution in [2.24, 2.45) is 0 Å². The van der Waals surface area contributed by atoms with Gasteiger partial charge in [-0.05, 0) is 22.9 Å². The topological polar surface area (TPSA) is 45.8 Å². The maximum Gasteiger partial charge on any atom is 0.268 e. The zero-order valence-electron chi connectivity index (χ0n) is 6.22. The predicted molar refractivity (Wildman–Crippen MR) is 52.7 cm³/mol. The van der Waals surface area contributed by atoms with Crippen LogP contribution in [0.25, 0.3) is 10.2 Å². The molecule has 0 unspecified atom stereocenters. The number of H-pyrrole nitrogens is 1. The van der Waals surface area contributed by atoms with E-state index in [-0.39, 0.29) is 5.56 Å². The van der Waals surface area contributed by atoms with Gasteiger partial charge in [0.2, 0.25) is 0 Å². The van der Waals surface area contributed by atoms with Crippen LogP contribution in [-0.4, -0.2) is 9.97 Å². The summed E-state index contributed by atoms with van der Waals surface area (Å²) in [5.41, 5.74) is 0.689. The number of hydrogen-bond acceptors (Lipinski definition) is 3. The summed E-state index contributed by atoms with van der Waals surface area (Å²) in [4.78, 5) is 18.2. The summed E-state index contributed by atoms with van der Waals surface area (Å²) >= 11 is 4.73. The molecule has 2 aromatic heterocycles. The molecule has 0 bridgehead atoms. The third-order valence-corrected chi connectivity index (χ3v) is 3.38. The zero-order valence-corrected chi connectivity index (χ0v) is 8.62. The van der Waals surface area contributed by atoms with E-state index in [2.05, 4.69) is 25.9 Å². The quantitative estimate of drug-likeness (QED) is 0.772. The first-order chi connectivity index (χ1) is 5.68. The maximum atomic E-state index is 11.3. The fourth-order valence-corrected chi connectivity index (χ4v) is 2.47. The van der Waals surface area contributed by atoms with Crippen LogP contribution in [-0.2, 0) is 0 Å². The van der Waals surface area contributed by atoms with Crippen molar-refractivity contribution in [3.05, 3.63) is 26.0 Å². The highest BCUT2D eigenvalue weighted by molar-refractivity contribution is 9.10. The molecule has 62 valence electrons. The van der Waals surface area contributed by atoms with Gasteiger partial charge >= 0.3 is 0 Å². The van der Waals surface area contributed by atoms with Gasteiger partial charge in [0.1, 0.15) is 16.0 Å². The summed E-state index contributed by atoms with van der Waals surface area (Å²) < 4.78 is 1.56. The highest BCUT2D eigenvalue weighted by atomic mass is 79.9. The summed E-state index contributed by atoms with van der Waals surface area (Å²) in [7, 11) is 0. The Kier molecular flexibility index (Phi) is 1.77. The van der Waals surface area contributed by atoms with Crippen molar-refractivity contribution in [2.45, 2.75) is 6.92 Å². The second-order valence-corrected chi connectivity index (χ2v) is 4.15. The molecule has 0 aliphatic rings. The average molecular weight is 245 g/mol. The van der Waals surface area contributed by atoms with Gasteiger partial charge in [0, 0.05) is 5.38 Å². The SMILES string of the molecule is Cc1nc2c(Br)csc2c(=O)[nH]1. The monoisotopic (exact) mass is 244 g/mol. The number of fused-ring (bicyclic) bond motifs is 1. The van der Waals surface area contributed by atoms with Gasteiger partial charge < -0.3 is 4.98 Å². The van der Waals surface area contributed by atoms with E-state index >= 15 is 0 Å². The number of aromatic amines is 1. The van der Waals surface area contributed by atoms with E-state index in [1.54, 1.807) is 6.92 Å². The van der Waals surface area contributed by atoms with Crippen molar-refractivity contribution >= 4 is 37.5 Å². The van der Waals surface area contributed by atoms with Gasteiger partial charge in [-0.3, -0.25) is 4.79 Å². The molecule has 0 radical (unpaired) electrons.